The SMILES string of the molecule is CSC(=S)OC([C@H]1[C@H](C)[C@H]2CO[C@H](O2)[C@H]1OCc1ccccc1)[C@H]1O[C@H](COCc2ccccc2)[C@@H](C)[C@H](C)[C@@H]1OCc1ccccc1. The summed E-state index contributed by atoms with van der Waals surface area (Å²) in [5.41, 5.74) is 3.32. The number of fused-ring (bicyclic) bond motifs is 2. The van der Waals surface area contributed by atoms with Gasteiger partial charge in [0.15, 0.2) is 6.29 Å². The first kappa shape index (κ1) is 35.5. The molecule has 3 heterocycles. The Morgan fingerprint density at radius 2 is 1.31 bits per heavy atom. The number of thioether (sulfide) groups is 1. The Kier molecular flexibility index (Phi) is 12.6. The summed E-state index contributed by atoms with van der Waals surface area (Å²) in [6, 6.07) is 30.7. The van der Waals surface area contributed by atoms with Crippen LogP contribution in [-0.2, 0) is 53.0 Å². The zero-order chi connectivity index (χ0) is 33.5. The van der Waals surface area contributed by atoms with Crippen molar-refractivity contribution in [3.63, 3.8) is 0 Å². The molecule has 3 fully saturated rings. The van der Waals surface area contributed by atoms with Gasteiger partial charge in [-0.15, -0.1) is 0 Å². The second-order valence-corrected chi connectivity index (χ2v) is 14.6. The monoisotopic (exact) mass is 692 g/mol. The molecule has 3 aromatic rings. The van der Waals surface area contributed by atoms with Gasteiger partial charge in [0, 0.05) is 5.92 Å². The van der Waals surface area contributed by atoms with Gasteiger partial charge in [-0.1, -0.05) is 124 Å². The van der Waals surface area contributed by atoms with Gasteiger partial charge in [0.25, 0.3) is 0 Å². The van der Waals surface area contributed by atoms with E-state index in [1.807, 2.05) is 60.9 Å². The summed E-state index contributed by atoms with van der Waals surface area (Å²) in [5, 5.41) is 0. The van der Waals surface area contributed by atoms with E-state index in [-0.39, 0.29) is 42.0 Å². The molecule has 3 saturated heterocycles. The molecular weight excluding hydrogens is 645 g/mol. The Balaban J connectivity index is 1.31. The number of benzene rings is 3. The van der Waals surface area contributed by atoms with Gasteiger partial charge in [-0.25, -0.2) is 0 Å². The van der Waals surface area contributed by atoms with E-state index in [9.17, 15) is 0 Å². The molecule has 6 rings (SSSR count). The van der Waals surface area contributed by atoms with E-state index in [2.05, 4.69) is 57.2 Å². The van der Waals surface area contributed by atoms with Crippen molar-refractivity contribution in [3.8, 4) is 0 Å². The van der Waals surface area contributed by atoms with Crippen molar-refractivity contribution in [1.29, 1.82) is 0 Å². The largest absolute Gasteiger partial charge is 0.472 e. The topological polar surface area (TPSA) is 64.6 Å². The van der Waals surface area contributed by atoms with Crippen LogP contribution < -0.4 is 0 Å². The van der Waals surface area contributed by atoms with Gasteiger partial charge in [-0.3, -0.25) is 0 Å². The molecule has 7 nitrogen and oxygen atoms in total. The van der Waals surface area contributed by atoms with E-state index in [4.69, 9.17) is 45.4 Å². The standard InChI is InChI=1S/C39H48O7S2/c1-25-26(2)34(41-21-29-16-10-6-11-17-29)37(44-31(25)23-40-20-28-14-8-5-9-15-28)35(46-39(47)48-4)33-27(3)32-24-43-38(45-32)36(33)42-22-30-18-12-7-13-19-30/h5-19,25-27,31-38H,20-24H2,1-4H3/t25-,26-,27+,31+,32+,33+,34-,35?,36-,37-,38+/m0/s1. The van der Waals surface area contributed by atoms with E-state index in [1.54, 1.807) is 0 Å². The lowest BCUT2D eigenvalue weighted by molar-refractivity contribution is -0.268. The lowest BCUT2D eigenvalue weighted by Gasteiger charge is -2.51. The Morgan fingerprint density at radius 1 is 0.750 bits per heavy atom. The first-order valence-corrected chi connectivity index (χ1v) is 18.7. The lowest BCUT2D eigenvalue weighted by atomic mass is 9.73. The van der Waals surface area contributed by atoms with Crippen molar-refractivity contribution >= 4 is 28.4 Å². The summed E-state index contributed by atoms with van der Waals surface area (Å²) in [4.78, 5) is 0. The summed E-state index contributed by atoms with van der Waals surface area (Å²) >= 11 is 7.19. The highest BCUT2D eigenvalue weighted by atomic mass is 32.2. The summed E-state index contributed by atoms with van der Waals surface area (Å²) in [6.07, 6.45) is -0.448. The third kappa shape index (κ3) is 8.50. The van der Waals surface area contributed by atoms with Gasteiger partial charge < -0.3 is 33.2 Å². The van der Waals surface area contributed by atoms with Crippen LogP contribution in [0.3, 0.4) is 0 Å². The average Bonchev–Trinajstić information content (AvgIpc) is 3.57. The number of rotatable bonds is 13. The van der Waals surface area contributed by atoms with Crippen molar-refractivity contribution in [2.24, 2.45) is 23.7 Å². The number of hydrogen-bond donors (Lipinski definition) is 0. The van der Waals surface area contributed by atoms with Crippen LogP contribution in [0.5, 0.6) is 0 Å². The van der Waals surface area contributed by atoms with Crippen LogP contribution in [0.25, 0.3) is 0 Å². The third-order valence-corrected chi connectivity index (χ3v) is 11.3. The lowest BCUT2D eigenvalue weighted by Crippen LogP contribution is -2.62. The minimum absolute atomic E-state index is 0.0417. The van der Waals surface area contributed by atoms with Gasteiger partial charge in [-0.2, -0.15) is 0 Å². The number of hydrogen-bond acceptors (Lipinski definition) is 9. The highest BCUT2D eigenvalue weighted by Gasteiger charge is 2.57. The summed E-state index contributed by atoms with van der Waals surface area (Å²) < 4.78 is 46.8. The van der Waals surface area contributed by atoms with E-state index >= 15 is 0 Å². The Hall–Kier alpha value is -2.34. The molecule has 48 heavy (non-hydrogen) atoms. The molecule has 0 aromatic heterocycles. The fraction of sp³-hybridized carbons (Fsp3) is 0.513. The zero-order valence-corrected chi connectivity index (χ0v) is 29.9. The molecule has 0 N–H and O–H groups in total. The Labute approximate surface area is 294 Å². The molecule has 2 bridgehead atoms. The van der Waals surface area contributed by atoms with E-state index in [0.717, 1.165) is 16.7 Å². The van der Waals surface area contributed by atoms with E-state index in [1.165, 1.54) is 11.8 Å². The van der Waals surface area contributed by atoms with Gasteiger partial charge in [-0.05, 0) is 52.9 Å². The third-order valence-electron chi connectivity index (χ3n) is 10.2. The minimum Gasteiger partial charge on any atom is -0.472 e. The van der Waals surface area contributed by atoms with Crippen LogP contribution in [0.1, 0.15) is 37.5 Å². The van der Waals surface area contributed by atoms with Crippen LogP contribution in [-0.4, -0.2) is 66.8 Å². The van der Waals surface area contributed by atoms with Crippen molar-refractivity contribution in [1.82, 2.24) is 0 Å². The average molecular weight is 693 g/mol. The van der Waals surface area contributed by atoms with Crippen molar-refractivity contribution in [2.75, 3.05) is 19.5 Å². The van der Waals surface area contributed by atoms with Gasteiger partial charge in [0.1, 0.15) is 18.3 Å². The number of thiocarbonyl (C=S) groups is 1. The van der Waals surface area contributed by atoms with Crippen molar-refractivity contribution in [3.05, 3.63) is 108 Å². The quantitative estimate of drug-likeness (QED) is 0.170. The second-order valence-electron chi connectivity index (χ2n) is 13.2. The predicted molar refractivity (Wildman–Crippen MR) is 191 cm³/mol. The molecule has 3 aliphatic rings. The fourth-order valence-corrected chi connectivity index (χ4v) is 7.58. The van der Waals surface area contributed by atoms with Crippen LogP contribution >= 0.6 is 24.0 Å². The molecular formula is C39H48O7S2. The van der Waals surface area contributed by atoms with Gasteiger partial charge in [0.05, 0.1) is 51.3 Å². The smallest absolute Gasteiger partial charge is 0.220 e. The molecule has 258 valence electrons. The molecule has 3 aliphatic heterocycles. The Morgan fingerprint density at radius 3 is 1.90 bits per heavy atom. The van der Waals surface area contributed by atoms with Crippen molar-refractivity contribution in [2.45, 2.75) is 83.5 Å². The van der Waals surface area contributed by atoms with Crippen molar-refractivity contribution < 1.29 is 33.2 Å². The normalized spacial score (nSPS) is 32.1. The van der Waals surface area contributed by atoms with Crippen LogP contribution in [0.4, 0.5) is 0 Å². The molecule has 0 spiro atoms. The second kappa shape index (κ2) is 17.1. The fourth-order valence-electron chi connectivity index (χ4n) is 7.26. The molecule has 11 atom stereocenters. The minimum atomic E-state index is -0.512. The first-order chi connectivity index (χ1) is 23.4. The zero-order valence-electron chi connectivity index (χ0n) is 28.2. The molecule has 3 aromatic carbocycles. The molecule has 1 unspecified atom stereocenters. The molecule has 0 amide bonds. The maximum absolute atomic E-state index is 7.14. The molecule has 0 radical (unpaired) electrons. The highest BCUT2D eigenvalue weighted by molar-refractivity contribution is 8.22. The van der Waals surface area contributed by atoms with E-state index < -0.39 is 24.6 Å². The van der Waals surface area contributed by atoms with Crippen LogP contribution in [0.2, 0.25) is 0 Å². The van der Waals surface area contributed by atoms with Crippen LogP contribution in [0, 0.1) is 23.7 Å². The predicted octanol–water partition coefficient (Wildman–Crippen LogP) is 7.45. The van der Waals surface area contributed by atoms with Gasteiger partial charge in [0.2, 0.25) is 4.38 Å². The van der Waals surface area contributed by atoms with Gasteiger partial charge >= 0.3 is 0 Å². The summed E-state index contributed by atoms with van der Waals surface area (Å²) in [6.45, 7) is 9.05. The van der Waals surface area contributed by atoms with Crippen LogP contribution in [0.15, 0.2) is 91.0 Å². The highest BCUT2D eigenvalue weighted by Crippen LogP contribution is 2.45. The maximum atomic E-state index is 7.14. The molecule has 0 saturated carbocycles. The molecule has 9 heteroatoms. The molecule has 0 aliphatic carbocycles. The summed E-state index contributed by atoms with van der Waals surface area (Å²) in [7, 11) is 0. The number of ether oxygens (including phenoxy) is 7. The van der Waals surface area contributed by atoms with E-state index in [0.29, 0.717) is 37.4 Å². The maximum Gasteiger partial charge on any atom is 0.220 e. The summed E-state index contributed by atoms with van der Waals surface area (Å²) in [5.74, 6) is 0.200. The first-order valence-electron chi connectivity index (χ1n) is 17.0. The Bertz CT molecular complexity index is 1410.